The quantitative estimate of drug-likeness (QED) is 0.210. The zero-order valence-electron chi connectivity index (χ0n) is 17.7. The van der Waals surface area contributed by atoms with Gasteiger partial charge < -0.3 is 20.3 Å². The highest BCUT2D eigenvalue weighted by Gasteiger charge is 2.00. The molecule has 0 saturated heterocycles. The molecule has 0 spiro atoms. The van der Waals surface area contributed by atoms with E-state index in [1.54, 1.807) is 0 Å². The molecular formula is C22H34IN5O. The number of nitrogens with zero attached hydrogens (tertiary/aromatic N) is 3. The van der Waals surface area contributed by atoms with Crippen molar-refractivity contribution in [2.45, 2.75) is 26.3 Å². The van der Waals surface area contributed by atoms with Gasteiger partial charge in [0.15, 0.2) is 5.96 Å². The van der Waals surface area contributed by atoms with Crippen molar-refractivity contribution in [3.05, 3.63) is 59.9 Å². The number of guanidine groups is 1. The van der Waals surface area contributed by atoms with Gasteiger partial charge >= 0.3 is 0 Å². The molecule has 0 bridgehead atoms. The topological polar surface area (TPSA) is 61.8 Å². The number of nitrogens with one attached hydrogen (secondary N) is 2. The van der Waals surface area contributed by atoms with Crippen LogP contribution in [0.25, 0.3) is 0 Å². The minimum Gasteiger partial charge on any atom is -0.494 e. The van der Waals surface area contributed by atoms with E-state index in [0.29, 0.717) is 6.54 Å². The lowest BCUT2D eigenvalue weighted by molar-refractivity contribution is 0.281. The lowest BCUT2D eigenvalue weighted by atomic mass is 10.2. The van der Waals surface area contributed by atoms with E-state index >= 15 is 0 Å². The summed E-state index contributed by atoms with van der Waals surface area (Å²) in [6.45, 7) is 6.09. The Bertz CT molecular complexity index is 692. The van der Waals surface area contributed by atoms with Gasteiger partial charge in [-0.05, 0) is 57.3 Å². The summed E-state index contributed by atoms with van der Waals surface area (Å²) in [6, 6.07) is 14.2. The van der Waals surface area contributed by atoms with E-state index in [-0.39, 0.29) is 24.0 Å². The number of aliphatic imine (C=N–C) groups is 1. The normalized spacial score (nSPS) is 11.1. The first-order chi connectivity index (χ1) is 13.7. The van der Waals surface area contributed by atoms with Crippen LogP contribution in [-0.4, -0.2) is 56.2 Å². The van der Waals surface area contributed by atoms with Gasteiger partial charge in [0.2, 0.25) is 0 Å². The van der Waals surface area contributed by atoms with Crippen LogP contribution in [0.2, 0.25) is 0 Å². The van der Waals surface area contributed by atoms with Crippen molar-refractivity contribution >= 4 is 29.9 Å². The number of hydrogen-bond acceptors (Lipinski definition) is 4. The second kappa shape index (κ2) is 15.0. The van der Waals surface area contributed by atoms with Crippen molar-refractivity contribution in [1.29, 1.82) is 0 Å². The first kappa shape index (κ1) is 25.2. The molecule has 1 aromatic heterocycles. The smallest absolute Gasteiger partial charge is 0.191 e. The van der Waals surface area contributed by atoms with Gasteiger partial charge in [-0.2, -0.15) is 0 Å². The van der Waals surface area contributed by atoms with Crippen LogP contribution < -0.4 is 15.4 Å². The van der Waals surface area contributed by atoms with Gasteiger partial charge in [0.05, 0.1) is 13.2 Å². The maximum atomic E-state index is 5.78. The standard InChI is InChI=1S/C22H33N5O.HI/c1-4-23-22(25-15-13-20-8-5-6-14-24-20)26-18-19-9-11-21(12-10-19)28-17-7-16-27(2)3;/h5-6,8-12,14H,4,7,13,15-18H2,1-3H3,(H2,23,25,26);1H. The summed E-state index contributed by atoms with van der Waals surface area (Å²) < 4.78 is 5.78. The molecule has 6 nitrogen and oxygen atoms in total. The molecule has 29 heavy (non-hydrogen) atoms. The fourth-order valence-corrected chi connectivity index (χ4v) is 2.63. The monoisotopic (exact) mass is 511 g/mol. The van der Waals surface area contributed by atoms with Crippen LogP contribution >= 0.6 is 24.0 Å². The molecule has 0 aliphatic heterocycles. The van der Waals surface area contributed by atoms with E-state index in [4.69, 9.17) is 4.74 Å². The molecule has 160 valence electrons. The predicted octanol–water partition coefficient (Wildman–Crippen LogP) is 3.33. The van der Waals surface area contributed by atoms with E-state index in [9.17, 15) is 0 Å². The molecule has 0 unspecified atom stereocenters. The van der Waals surface area contributed by atoms with Gasteiger partial charge in [-0.3, -0.25) is 4.98 Å². The third kappa shape index (κ3) is 11.0. The van der Waals surface area contributed by atoms with E-state index in [1.165, 1.54) is 0 Å². The van der Waals surface area contributed by atoms with Crippen molar-refractivity contribution < 1.29 is 4.74 Å². The molecule has 0 fully saturated rings. The van der Waals surface area contributed by atoms with Crippen molar-refractivity contribution in [1.82, 2.24) is 20.5 Å². The predicted molar refractivity (Wildman–Crippen MR) is 131 cm³/mol. The van der Waals surface area contributed by atoms with Gasteiger partial charge in [0, 0.05) is 37.9 Å². The van der Waals surface area contributed by atoms with Crippen LogP contribution in [-0.2, 0) is 13.0 Å². The van der Waals surface area contributed by atoms with Crippen LogP contribution in [0.4, 0.5) is 0 Å². The summed E-state index contributed by atoms with van der Waals surface area (Å²) in [4.78, 5) is 11.2. The summed E-state index contributed by atoms with van der Waals surface area (Å²) in [7, 11) is 4.15. The Morgan fingerprint density at radius 3 is 2.55 bits per heavy atom. The molecule has 0 aliphatic rings. The molecule has 2 aromatic rings. The fraction of sp³-hybridized carbons (Fsp3) is 0.455. The third-order valence-electron chi connectivity index (χ3n) is 4.11. The van der Waals surface area contributed by atoms with Crippen molar-refractivity contribution in [3.63, 3.8) is 0 Å². The molecule has 2 rings (SSSR count). The summed E-state index contributed by atoms with van der Waals surface area (Å²) in [5.74, 6) is 1.73. The molecule has 0 radical (unpaired) electrons. The SMILES string of the molecule is CCNC(=NCc1ccc(OCCCN(C)C)cc1)NCCc1ccccn1.I. The highest BCUT2D eigenvalue weighted by Crippen LogP contribution is 2.13. The van der Waals surface area contributed by atoms with Crippen LogP contribution in [0.3, 0.4) is 0 Å². The van der Waals surface area contributed by atoms with Crippen molar-refractivity contribution in [3.8, 4) is 5.75 Å². The highest BCUT2D eigenvalue weighted by molar-refractivity contribution is 14.0. The van der Waals surface area contributed by atoms with Crippen LogP contribution in [0.1, 0.15) is 24.6 Å². The average molecular weight is 511 g/mol. The van der Waals surface area contributed by atoms with Gasteiger partial charge in [-0.1, -0.05) is 18.2 Å². The number of aromatic nitrogens is 1. The number of pyridine rings is 1. The molecule has 0 aliphatic carbocycles. The lowest BCUT2D eigenvalue weighted by Gasteiger charge is -2.12. The zero-order valence-corrected chi connectivity index (χ0v) is 20.1. The van der Waals surface area contributed by atoms with Gasteiger partial charge in [-0.15, -0.1) is 24.0 Å². The maximum absolute atomic E-state index is 5.78. The van der Waals surface area contributed by atoms with E-state index in [0.717, 1.165) is 62.0 Å². The lowest BCUT2D eigenvalue weighted by Crippen LogP contribution is -2.38. The van der Waals surface area contributed by atoms with Gasteiger partial charge in [-0.25, -0.2) is 4.99 Å². The first-order valence-electron chi connectivity index (χ1n) is 9.96. The minimum atomic E-state index is 0. The second-order valence-electron chi connectivity index (χ2n) is 6.84. The summed E-state index contributed by atoms with van der Waals surface area (Å²) in [6.07, 6.45) is 3.71. The molecule has 0 saturated carbocycles. The molecule has 0 atom stereocenters. The summed E-state index contributed by atoms with van der Waals surface area (Å²) >= 11 is 0. The molecule has 7 heteroatoms. The third-order valence-corrected chi connectivity index (χ3v) is 4.11. The number of ether oxygens (including phenoxy) is 1. The largest absolute Gasteiger partial charge is 0.494 e. The highest BCUT2D eigenvalue weighted by atomic mass is 127. The summed E-state index contributed by atoms with van der Waals surface area (Å²) in [5, 5.41) is 6.65. The minimum absolute atomic E-state index is 0. The molecular weight excluding hydrogens is 477 g/mol. The van der Waals surface area contributed by atoms with E-state index in [2.05, 4.69) is 58.7 Å². The van der Waals surface area contributed by atoms with Crippen molar-refractivity contribution in [2.75, 3.05) is 40.3 Å². The van der Waals surface area contributed by atoms with Crippen molar-refractivity contribution in [2.24, 2.45) is 4.99 Å². The Morgan fingerprint density at radius 2 is 1.90 bits per heavy atom. The van der Waals surface area contributed by atoms with Crippen LogP contribution in [0, 0.1) is 0 Å². The average Bonchev–Trinajstić information content (AvgIpc) is 2.71. The molecule has 1 aromatic carbocycles. The number of halogens is 1. The van der Waals surface area contributed by atoms with E-state index < -0.39 is 0 Å². The van der Waals surface area contributed by atoms with Crippen LogP contribution in [0.5, 0.6) is 5.75 Å². The summed E-state index contributed by atoms with van der Waals surface area (Å²) in [5.41, 5.74) is 2.23. The number of rotatable bonds is 11. The van der Waals surface area contributed by atoms with E-state index in [1.807, 2.05) is 36.5 Å². The molecule has 1 heterocycles. The Hall–Kier alpha value is -1.87. The zero-order chi connectivity index (χ0) is 20.0. The Kier molecular flexibility index (Phi) is 13.0. The Balaban J connectivity index is 0.00000420. The fourth-order valence-electron chi connectivity index (χ4n) is 2.63. The molecule has 2 N–H and O–H groups in total. The van der Waals surface area contributed by atoms with Gasteiger partial charge in [0.1, 0.15) is 5.75 Å². The molecule has 0 amide bonds. The second-order valence-corrected chi connectivity index (χ2v) is 6.84. The van der Waals surface area contributed by atoms with Crippen LogP contribution in [0.15, 0.2) is 53.7 Å². The first-order valence-corrected chi connectivity index (χ1v) is 9.96. The Labute approximate surface area is 192 Å². The van der Waals surface area contributed by atoms with Gasteiger partial charge in [0.25, 0.3) is 0 Å². The Morgan fingerprint density at radius 1 is 1.10 bits per heavy atom. The number of benzene rings is 1. The maximum Gasteiger partial charge on any atom is 0.191 e. The number of hydrogen-bond donors (Lipinski definition) is 2.